The number of piperidine rings is 1. The van der Waals surface area contributed by atoms with Crippen molar-refractivity contribution < 1.29 is 4.74 Å². The summed E-state index contributed by atoms with van der Waals surface area (Å²) in [5.41, 5.74) is 1.58. The third-order valence-electron chi connectivity index (χ3n) is 4.76. The van der Waals surface area contributed by atoms with Crippen molar-refractivity contribution in [1.29, 1.82) is 0 Å². The first-order valence-electron chi connectivity index (χ1n) is 8.53. The molecule has 2 N–H and O–H groups in total. The van der Waals surface area contributed by atoms with Gasteiger partial charge in [-0.2, -0.15) is 0 Å². The number of nitrogens with zero attached hydrogens (tertiary/aromatic N) is 2. The molecule has 2 heterocycles. The van der Waals surface area contributed by atoms with Crippen LogP contribution in [0.3, 0.4) is 0 Å². The van der Waals surface area contributed by atoms with Gasteiger partial charge < -0.3 is 20.3 Å². The number of halogens is 1. The molecule has 6 heteroatoms. The summed E-state index contributed by atoms with van der Waals surface area (Å²) in [6.45, 7) is 7.01. The molecule has 0 unspecified atom stereocenters. The topological polar surface area (TPSA) is 48.9 Å². The van der Waals surface area contributed by atoms with Crippen molar-refractivity contribution in [2.75, 3.05) is 44.8 Å². The predicted molar refractivity (Wildman–Crippen MR) is 111 cm³/mol. The third kappa shape index (κ3) is 4.99. The first-order valence-corrected chi connectivity index (χ1v) is 8.53. The molecular weight excluding hydrogens is 415 g/mol. The Bertz CT molecular complexity index is 525. The van der Waals surface area contributed by atoms with Crippen LogP contribution in [0, 0.1) is 5.41 Å². The molecule has 0 atom stereocenters. The summed E-state index contributed by atoms with van der Waals surface area (Å²) in [5, 5.41) is 7.02. The van der Waals surface area contributed by atoms with Crippen LogP contribution in [0.15, 0.2) is 35.3 Å². The van der Waals surface area contributed by atoms with Crippen molar-refractivity contribution in [3.8, 4) is 0 Å². The van der Waals surface area contributed by atoms with Crippen LogP contribution in [0.4, 0.5) is 5.69 Å². The summed E-state index contributed by atoms with van der Waals surface area (Å²) in [6.07, 6.45) is 2.27. The maximum atomic E-state index is 5.30. The molecule has 5 nitrogen and oxygen atoms in total. The first-order chi connectivity index (χ1) is 11.2. The summed E-state index contributed by atoms with van der Waals surface area (Å²) in [5.74, 6) is 0.913. The number of guanidine groups is 1. The van der Waals surface area contributed by atoms with Gasteiger partial charge in [0.1, 0.15) is 0 Å². The van der Waals surface area contributed by atoms with Crippen LogP contribution >= 0.6 is 24.0 Å². The van der Waals surface area contributed by atoms with Gasteiger partial charge in [0, 0.05) is 43.8 Å². The quantitative estimate of drug-likeness (QED) is 0.426. The number of para-hydroxylation sites is 1. The Morgan fingerprint density at radius 2 is 1.92 bits per heavy atom. The van der Waals surface area contributed by atoms with Gasteiger partial charge in [0.25, 0.3) is 0 Å². The fourth-order valence-corrected chi connectivity index (χ4v) is 3.16. The number of aliphatic imine (C=N–C) groups is 1. The Kier molecular flexibility index (Phi) is 7.16. The molecule has 2 aliphatic rings. The number of hydrogen-bond donors (Lipinski definition) is 2. The van der Waals surface area contributed by atoms with Crippen LogP contribution in [-0.4, -0.2) is 51.9 Å². The lowest BCUT2D eigenvalue weighted by Gasteiger charge is -2.39. The molecule has 0 aliphatic carbocycles. The van der Waals surface area contributed by atoms with Gasteiger partial charge in [0.05, 0.1) is 13.2 Å². The fourth-order valence-electron chi connectivity index (χ4n) is 3.16. The van der Waals surface area contributed by atoms with Crippen molar-refractivity contribution in [2.24, 2.45) is 10.4 Å². The number of nitrogens with one attached hydrogen (secondary N) is 2. The molecule has 2 fully saturated rings. The molecule has 2 saturated heterocycles. The minimum atomic E-state index is 0. The second-order valence-corrected chi connectivity index (χ2v) is 6.97. The monoisotopic (exact) mass is 444 g/mol. The van der Waals surface area contributed by atoms with Gasteiger partial charge in [-0.1, -0.05) is 25.1 Å². The summed E-state index contributed by atoms with van der Waals surface area (Å²) >= 11 is 0. The summed E-state index contributed by atoms with van der Waals surface area (Å²) in [6, 6.07) is 11.2. The molecule has 1 aromatic rings. The lowest BCUT2D eigenvalue weighted by atomic mass is 9.89. The fraction of sp³-hybridized carbons (Fsp3) is 0.611. The Labute approximate surface area is 162 Å². The van der Waals surface area contributed by atoms with E-state index < -0.39 is 0 Å². The van der Waals surface area contributed by atoms with Gasteiger partial charge in [-0.3, -0.25) is 4.99 Å². The molecule has 134 valence electrons. The highest BCUT2D eigenvalue weighted by atomic mass is 127. The van der Waals surface area contributed by atoms with Gasteiger partial charge in [0.15, 0.2) is 5.96 Å². The van der Waals surface area contributed by atoms with E-state index in [1.807, 2.05) is 7.05 Å². The SMILES string of the molecule is CN=C(NCC1(C)COC1)NC1CCN(c2ccccc2)CC1.I. The highest BCUT2D eigenvalue weighted by Crippen LogP contribution is 2.25. The first kappa shape index (κ1) is 19.3. The van der Waals surface area contributed by atoms with Crippen molar-refractivity contribution in [3.05, 3.63) is 30.3 Å². The Balaban J connectivity index is 0.00000208. The molecule has 3 rings (SSSR count). The zero-order chi connectivity index (χ0) is 16.1. The van der Waals surface area contributed by atoms with Crippen molar-refractivity contribution >= 4 is 35.6 Å². The molecule has 0 amide bonds. The van der Waals surface area contributed by atoms with Crippen LogP contribution in [0.25, 0.3) is 0 Å². The van der Waals surface area contributed by atoms with Gasteiger partial charge in [0.2, 0.25) is 0 Å². The van der Waals surface area contributed by atoms with Gasteiger partial charge in [-0.15, -0.1) is 24.0 Å². The summed E-state index contributed by atoms with van der Waals surface area (Å²) in [7, 11) is 1.84. The zero-order valence-corrected chi connectivity index (χ0v) is 17.0. The van der Waals surface area contributed by atoms with Gasteiger partial charge >= 0.3 is 0 Å². The molecule has 1 aromatic carbocycles. The second-order valence-electron chi connectivity index (χ2n) is 6.97. The number of benzene rings is 1. The van der Waals surface area contributed by atoms with Crippen molar-refractivity contribution in [3.63, 3.8) is 0 Å². The van der Waals surface area contributed by atoms with Crippen LogP contribution in [-0.2, 0) is 4.74 Å². The highest BCUT2D eigenvalue weighted by Gasteiger charge is 2.33. The van der Waals surface area contributed by atoms with Gasteiger partial charge in [-0.25, -0.2) is 0 Å². The molecular formula is C18H29IN4O. The Morgan fingerprint density at radius 1 is 1.25 bits per heavy atom. The van der Waals surface area contributed by atoms with E-state index >= 15 is 0 Å². The van der Waals surface area contributed by atoms with Crippen LogP contribution in [0.5, 0.6) is 0 Å². The molecule has 24 heavy (non-hydrogen) atoms. The van der Waals surface area contributed by atoms with E-state index in [-0.39, 0.29) is 29.4 Å². The Morgan fingerprint density at radius 3 is 2.46 bits per heavy atom. The molecule has 0 saturated carbocycles. The Hall–Kier alpha value is -1.02. The van der Waals surface area contributed by atoms with Crippen molar-refractivity contribution in [1.82, 2.24) is 10.6 Å². The van der Waals surface area contributed by atoms with Crippen LogP contribution in [0.1, 0.15) is 19.8 Å². The maximum absolute atomic E-state index is 5.30. The molecule has 0 bridgehead atoms. The van der Waals surface area contributed by atoms with E-state index in [9.17, 15) is 0 Å². The summed E-state index contributed by atoms with van der Waals surface area (Å²) in [4.78, 5) is 6.82. The highest BCUT2D eigenvalue weighted by molar-refractivity contribution is 14.0. The minimum Gasteiger partial charge on any atom is -0.380 e. The average Bonchev–Trinajstić information content (AvgIpc) is 2.58. The molecule has 2 aliphatic heterocycles. The van der Waals surface area contributed by atoms with Crippen LogP contribution < -0.4 is 15.5 Å². The maximum Gasteiger partial charge on any atom is 0.191 e. The number of rotatable bonds is 4. The van der Waals surface area contributed by atoms with E-state index in [0.29, 0.717) is 6.04 Å². The molecule has 0 aromatic heterocycles. The number of ether oxygens (including phenoxy) is 1. The lowest BCUT2D eigenvalue weighted by Crippen LogP contribution is -2.53. The van der Waals surface area contributed by atoms with Crippen LogP contribution in [0.2, 0.25) is 0 Å². The predicted octanol–water partition coefficient (Wildman–Crippen LogP) is 2.47. The smallest absolute Gasteiger partial charge is 0.191 e. The van der Waals surface area contributed by atoms with E-state index in [0.717, 1.165) is 51.6 Å². The zero-order valence-electron chi connectivity index (χ0n) is 14.6. The largest absolute Gasteiger partial charge is 0.380 e. The van der Waals surface area contributed by atoms with Gasteiger partial charge in [-0.05, 0) is 25.0 Å². The minimum absolute atomic E-state index is 0. The second kappa shape index (κ2) is 8.89. The van der Waals surface area contributed by atoms with E-state index in [2.05, 4.69) is 57.8 Å². The number of hydrogen-bond acceptors (Lipinski definition) is 3. The van der Waals surface area contributed by atoms with Crippen molar-refractivity contribution in [2.45, 2.75) is 25.8 Å². The number of anilines is 1. The standard InChI is InChI=1S/C18H28N4O.HI/c1-18(13-23-14-18)12-20-17(19-2)21-15-8-10-22(11-9-15)16-6-4-3-5-7-16;/h3-7,15H,8-14H2,1-2H3,(H2,19,20,21);1H. The lowest BCUT2D eigenvalue weighted by molar-refractivity contribution is -0.0971. The summed E-state index contributed by atoms with van der Waals surface area (Å²) < 4.78 is 5.30. The molecule has 0 radical (unpaired) electrons. The average molecular weight is 444 g/mol. The van der Waals surface area contributed by atoms with E-state index in [1.165, 1.54) is 5.69 Å². The molecule has 0 spiro atoms. The van der Waals surface area contributed by atoms with E-state index in [4.69, 9.17) is 4.74 Å². The third-order valence-corrected chi connectivity index (χ3v) is 4.76. The normalized spacial score (nSPS) is 20.8. The van der Waals surface area contributed by atoms with E-state index in [1.54, 1.807) is 0 Å².